The second-order valence-electron chi connectivity index (χ2n) is 6.08. The second-order valence-corrected chi connectivity index (χ2v) is 6.08. The van der Waals surface area contributed by atoms with Gasteiger partial charge in [-0.3, -0.25) is 4.79 Å². The van der Waals surface area contributed by atoms with Gasteiger partial charge >= 0.3 is 6.09 Å². The fourth-order valence-corrected chi connectivity index (χ4v) is 2.10. The number of hydrogen-bond donors (Lipinski definition) is 2. The summed E-state index contributed by atoms with van der Waals surface area (Å²) in [4.78, 5) is 25.4. The van der Waals surface area contributed by atoms with Crippen molar-refractivity contribution in [2.75, 3.05) is 27.2 Å². The Bertz CT molecular complexity index is 337. The van der Waals surface area contributed by atoms with E-state index in [-0.39, 0.29) is 17.9 Å². The molecule has 1 aliphatic heterocycles. The Morgan fingerprint density at radius 1 is 1.32 bits per heavy atom. The van der Waals surface area contributed by atoms with Crippen molar-refractivity contribution in [2.24, 2.45) is 5.92 Å². The van der Waals surface area contributed by atoms with Crippen LogP contribution in [0.3, 0.4) is 0 Å². The number of carbonyl (C=O) groups is 2. The van der Waals surface area contributed by atoms with Crippen molar-refractivity contribution in [1.29, 1.82) is 0 Å². The molecule has 1 saturated heterocycles. The lowest BCUT2D eigenvalue weighted by atomic mass is 9.91. The van der Waals surface area contributed by atoms with Crippen molar-refractivity contribution >= 4 is 12.0 Å². The maximum Gasteiger partial charge on any atom is 0.407 e. The Morgan fingerprint density at radius 2 is 1.95 bits per heavy atom. The average molecular weight is 271 g/mol. The molecule has 2 atom stereocenters. The molecule has 110 valence electrons. The zero-order valence-corrected chi connectivity index (χ0v) is 12.4. The Hall–Kier alpha value is -1.30. The number of rotatable bonds is 2. The van der Waals surface area contributed by atoms with Crippen molar-refractivity contribution in [3.8, 4) is 0 Å². The number of nitrogens with one attached hydrogen (secondary N) is 2. The minimum atomic E-state index is -0.534. The van der Waals surface area contributed by atoms with Gasteiger partial charge in [0.15, 0.2) is 0 Å². The highest BCUT2D eigenvalue weighted by molar-refractivity contribution is 5.80. The molecule has 1 rings (SSSR count). The number of alkyl carbamates (subject to hydrolysis) is 1. The van der Waals surface area contributed by atoms with Crippen LogP contribution in [0.15, 0.2) is 0 Å². The van der Waals surface area contributed by atoms with Crippen LogP contribution in [0.1, 0.15) is 27.2 Å². The van der Waals surface area contributed by atoms with Gasteiger partial charge in [0.25, 0.3) is 0 Å². The Kier molecular flexibility index (Phi) is 5.17. The third kappa shape index (κ3) is 5.06. The van der Waals surface area contributed by atoms with E-state index in [1.54, 1.807) is 19.0 Å². The number of carbonyl (C=O) groups excluding carboxylic acids is 2. The molecule has 0 aromatic rings. The van der Waals surface area contributed by atoms with Gasteiger partial charge in [0.1, 0.15) is 5.60 Å². The molecule has 6 heteroatoms. The summed E-state index contributed by atoms with van der Waals surface area (Å²) < 4.78 is 5.23. The van der Waals surface area contributed by atoms with Crippen LogP contribution in [-0.2, 0) is 9.53 Å². The molecule has 0 bridgehead atoms. The molecule has 1 heterocycles. The summed E-state index contributed by atoms with van der Waals surface area (Å²) in [5.74, 6) is -0.147. The van der Waals surface area contributed by atoms with E-state index in [2.05, 4.69) is 10.6 Å². The van der Waals surface area contributed by atoms with E-state index in [0.29, 0.717) is 6.54 Å². The minimum absolute atomic E-state index is 0.0440. The van der Waals surface area contributed by atoms with E-state index >= 15 is 0 Å². The number of nitrogens with zero attached hydrogens (tertiary/aromatic N) is 1. The van der Waals surface area contributed by atoms with Crippen molar-refractivity contribution in [3.63, 3.8) is 0 Å². The second kappa shape index (κ2) is 6.23. The van der Waals surface area contributed by atoms with E-state index < -0.39 is 11.7 Å². The smallest absolute Gasteiger partial charge is 0.407 e. The van der Waals surface area contributed by atoms with Crippen LogP contribution in [0.25, 0.3) is 0 Å². The van der Waals surface area contributed by atoms with E-state index in [0.717, 1.165) is 13.0 Å². The van der Waals surface area contributed by atoms with Gasteiger partial charge in [0.05, 0.1) is 12.0 Å². The van der Waals surface area contributed by atoms with Gasteiger partial charge in [-0.25, -0.2) is 4.79 Å². The Morgan fingerprint density at radius 3 is 2.47 bits per heavy atom. The molecule has 6 nitrogen and oxygen atoms in total. The molecule has 2 amide bonds. The summed E-state index contributed by atoms with van der Waals surface area (Å²) in [6, 6.07) is -0.224. The molecule has 0 aromatic heterocycles. The highest BCUT2D eigenvalue weighted by Crippen LogP contribution is 2.16. The molecule has 0 unspecified atom stereocenters. The maximum absolute atomic E-state index is 12.1. The lowest BCUT2D eigenvalue weighted by Crippen LogP contribution is -2.55. The number of ether oxygens (including phenoxy) is 1. The van der Waals surface area contributed by atoms with Gasteiger partial charge in [0.2, 0.25) is 5.91 Å². The van der Waals surface area contributed by atoms with Gasteiger partial charge in [-0.2, -0.15) is 0 Å². The quantitative estimate of drug-likeness (QED) is 0.770. The first kappa shape index (κ1) is 15.8. The average Bonchev–Trinajstić information content (AvgIpc) is 2.26. The monoisotopic (exact) mass is 271 g/mol. The molecule has 1 aliphatic rings. The lowest BCUT2D eigenvalue weighted by molar-refractivity contribution is -0.134. The summed E-state index contributed by atoms with van der Waals surface area (Å²) in [5, 5.41) is 5.98. The molecular formula is C13H25N3O3. The zero-order chi connectivity index (χ0) is 14.6. The zero-order valence-electron chi connectivity index (χ0n) is 12.4. The highest BCUT2D eigenvalue weighted by atomic mass is 16.6. The Balaban J connectivity index is 2.63. The van der Waals surface area contributed by atoms with Crippen molar-refractivity contribution in [3.05, 3.63) is 0 Å². The molecular weight excluding hydrogens is 246 g/mol. The van der Waals surface area contributed by atoms with Gasteiger partial charge < -0.3 is 20.3 Å². The van der Waals surface area contributed by atoms with Crippen molar-refractivity contribution in [2.45, 2.75) is 38.8 Å². The topological polar surface area (TPSA) is 70.7 Å². The predicted octanol–water partition coefficient (Wildman–Crippen LogP) is 0.577. The summed E-state index contributed by atoms with van der Waals surface area (Å²) >= 11 is 0. The molecule has 0 radical (unpaired) electrons. The molecule has 1 fully saturated rings. The van der Waals surface area contributed by atoms with Crippen LogP contribution < -0.4 is 10.6 Å². The Labute approximate surface area is 114 Å². The molecule has 0 spiro atoms. The molecule has 0 saturated carbocycles. The van der Waals surface area contributed by atoms with E-state index in [4.69, 9.17) is 4.74 Å². The minimum Gasteiger partial charge on any atom is -0.444 e. The normalized spacial score (nSPS) is 23.6. The molecule has 2 N–H and O–H groups in total. The van der Waals surface area contributed by atoms with Gasteiger partial charge in [-0.15, -0.1) is 0 Å². The predicted molar refractivity (Wildman–Crippen MR) is 72.8 cm³/mol. The van der Waals surface area contributed by atoms with E-state index in [1.165, 1.54) is 0 Å². The van der Waals surface area contributed by atoms with E-state index in [1.807, 2.05) is 20.8 Å². The van der Waals surface area contributed by atoms with Gasteiger partial charge in [0, 0.05) is 20.6 Å². The number of amides is 2. The van der Waals surface area contributed by atoms with Crippen LogP contribution in [0, 0.1) is 5.92 Å². The largest absolute Gasteiger partial charge is 0.444 e. The third-order valence-electron chi connectivity index (χ3n) is 2.94. The standard InChI is InChI=1S/C13H25N3O3/c1-13(2,3)19-12(18)15-10-8-14-7-6-9(10)11(17)16(4)5/h9-10,14H,6-8H2,1-5H3,(H,15,18)/t9-,10-/m0/s1. The third-order valence-corrected chi connectivity index (χ3v) is 2.94. The fourth-order valence-electron chi connectivity index (χ4n) is 2.10. The first-order valence-electron chi connectivity index (χ1n) is 6.62. The van der Waals surface area contributed by atoms with Crippen LogP contribution in [0.5, 0.6) is 0 Å². The highest BCUT2D eigenvalue weighted by Gasteiger charge is 2.33. The summed E-state index contributed by atoms with van der Waals surface area (Å²) in [7, 11) is 3.46. The number of piperidine rings is 1. The first-order chi connectivity index (χ1) is 8.70. The molecule has 19 heavy (non-hydrogen) atoms. The lowest BCUT2D eigenvalue weighted by Gasteiger charge is -2.33. The van der Waals surface area contributed by atoms with Crippen LogP contribution in [-0.4, -0.2) is 55.7 Å². The van der Waals surface area contributed by atoms with Crippen LogP contribution >= 0.6 is 0 Å². The SMILES string of the molecule is CN(C)C(=O)[C@H]1CCNC[C@@H]1NC(=O)OC(C)(C)C. The summed E-state index contributed by atoms with van der Waals surface area (Å²) in [6.45, 7) is 6.82. The first-order valence-corrected chi connectivity index (χ1v) is 6.62. The van der Waals surface area contributed by atoms with Crippen LogP contribution in [0.4, 0.5) is 4.79 Å². The summed E-state index contributed by atoms with van der Waals surface area (Å²) in [6.07, 6.45) is 0.245. The van der Waals surface area contributed by atoms with Gasteiger partial charge in [-0.05, 0) is 33.7 Å². The van der Waals surface area contributed by atoms with Gasteiger partial charge in [-0.1, -0.05) is 0 Å². The molecule has 0 aromatic carbocycles. The van der Waals surface area contributed by atoms with Crippen LogP contribution in [0.2, 0.25) is 0 Å². The van der Waals surface area contributed by atoms with E-state index in [9.17, 15) is 9.59 Å². The molecule has 0 aliphatic carbocycles. The fraction of sp³-hybridized carbons (Fsp3) is 0.846. The number of hydrogen-bond acceptors (Lipinski definition) is 4. The summed E-state index contributed by atoms with van der Waals surface area (Å²) in [5.41, 5.74) is -0.534. The maximum atomic E-state index is 12.1. The van der Waals surface area contributed by atoms with Crippen molar-refractivity contribution in [1.82, 2.24) is 15.5 Å². The van der Waals surface area contributed by atoms with Crippen molar-refractivity contribution < 1.29 is 14.3 Å².